The van der Waals surface area contributed by atoms with Gasteiger partial charge in [0.05, 0.1) is 24.7 Å². The maximum atomic E-state index is 12.5. The van der Waals surface area contributed by atoms with Crippen molar-refractivity contribution in [3.8, 4) is 0 Å². The fourth-order valence-electron chi connectivity index (χ4n) is 2.69. The van der Waals surface area contributed by atoms with Gasteiger partial charge in [0, 0.05) is 38.1 Å². The largest absolute Gasteiger partial charge is 0.379 e. The molecule has 2 aliphatic rings. The van der Waals surface area contributed by atoms with E-state index in [1.165, 1.54) is 0 Å². The number of rotatable bonds is 3. The third-order valence-electron chi connectivity index (χ3n) is 3.83. The third-order valence-corrected chi connectivity index (χ3v) is 4.04. The van der Waals surface area contributed by atoms with E-state index in [-0.39, 0.29) is 5.91 Å². The molecule has 0 saturated carbocycles. The van der Waals surface area contributed by atoms with Crippen molar-refractivity contribution in [1.82, 2.24) is 9.88 Å². The highest BCUT2D eigenvalue weighted by atomic mass is 35.5. The summed E-state index contributed by atoms with van der Waals surface area (Å²) in [6.45, 7) is 6.56. The maximum Gasteiger partial charge on any atom is 0.233 e. The highest BCUT2D eigenvalue weighted by Crippen LogP contribution is 2.32. The number of pyridine rings is 1. The fraction of sp³-hybridized carbons (Fsp3) is 0.533. The Bertz CT molecular complexity index is 599. The number of nitrogens with zero attached hydrogens (tertiary/aromatic N) is 4. The van der Waals surface area contributed by atoms with Crippen molar-refractivity contribution in [2.24, 2.45) is 4.99 Å². The number of carbonyl (C=O) groups is 1. The number of anilines is 1. The molecule has 1 fully saturated rings. The highest BCUT2D eigenvalue weighted by Gasteiger charge is 2.25. The molecule has 118 valence electrons. The quantitative estimate of drug-likeness (QED) is 0.853. The number of hydrogen-bond donors (Lipinski definition) is 0. The van der Waals surface area contributed by atoms with E-state index in [0.717, 1.165) is 38.6 Å². The number of ether oxygens (including phenoxy) is 1. The molecule has 1 saturated heterocycles. The number of halogens is 1. The minimum absolute atomic E-state index is 0.0306. The van der Waals surface area contributed by atoms with Gasteiger partial charge in [-0.25, -0.2) is 4.98 Å². The smallest absolute Gasteiger partial charge is 0.233 e. The molecule has 2 aliphatic heterocycles. The van der Waals surface area contributed by atoms with Crippen LogP contribution in [0.1, 0.15) is 13.3 Å². The molecule has 0 bridgehead atoms. The number of morpholine rings is 1. The Morgan fingerprint density at radius 1 is 1.32 bits per heavy atom. The normalized spacial score (nSPS) is 19.6. The van der Waals surface area contributed by atoms with Crippen molar-refractivity contribution in [2.45, 2.75) is 13.3 Å². The maximum absolute atomic E-state index is 12.5. The van der Waals surface area contributed by atoms with E-state index in [9.17, 15) is 4.79 Å². The number of fused-ring (bicyclic) bond motifs is 1. The molecule has 1 aromatic rings. The van der Waals surface area contributed by atoms with Gasteiger partial charge in [0.1, 0.15) is 5.69 Å². The van der Waals surface area contributed by atoms with E-state index in [4.69, 9.17) is 16.3 Å². The van der Waals surface area contributed by atoms with Crippen molar-refractivity contribution >= 4 is 34.7 Å². The van der Waals surface area contributed by atoms with Crippen LogP contribution in [-0.4, -0.2) is 60.9 Å². The first kappa shape index (κ1) is 15.4. The predicted octanol–water partition coefficient (Wildman–Crippen LogP) is 1.90. The second-order valence-corrected chi connectivity index (χ2v) is 5.96. The average molecular weight is 323 g/mol. The molecule has 0 unspecified atom stereocenters. The monoisotopic (exact) mass is 322 g/mol. The standard InChI is InChI=1S/C15H19ClN4O2/c1-11-8-14(21)20(3-2-19-4-6-22-7-5-19)15-13(18-11)9-12(16)10-17-15/h9-10H,2-8H2,1H3. The van der Waals surface area contributed by atoms with Crippen LogP contribution >= 0.6 is 11.6 Å². The minimum Gasteiger partial charge on any atom is -0.379 e. The first-order valence-corrected chi connectivity index (χ1v) is 7.81. The minimum atomic E-state index is 0.0306. The van der Waals surface area contributed by atoms with Crippen molar-refractivity contribution in [1.29, 1.82) is 0 Å². The SMILES string of the molecule is CC1=Nc2cc(Cl)cnc2N(CCN2CCOCC2)C(=O)C1. The summed E-state index contributed by atoms with van der Waals surface area (Å²) in [6, 6.07) is 1.76. The topological polar surface area (TPSA) is 58.0 Å². The summed E-state index contributed by atoms with van der Waals surface area (Å²) in [7, 11) is 0. The summed E-state index contributed by atoms with van der Waals surface area (Å²) < 4.78 is 5.35. The molecule has 0 aromatic carbocycles. The molecule has 3 rings (SSSR count). The van der Waals surface area contributed by atoms with E-state index < -0.39 is 0 Å². The van der Waals surface area contributed by atoms with Gasteiger partial charge in [-0.1, -0.05) is 11.6 Å². The van der Waals surface area contributed by atoms with Gasteiger partial charge >= 0.3 is 0 Å². The van der Waals surface area contributed by atoms with E-state index in [1.54, 1.807) is 17.2 Å². The fourth-order valence-corrected chi connectivity index (χ4v) is 2.84. The lowest BCUT2D eigenvalue weighted by atomic mass is 10.2. The molecular weight excluding hydrogens is 304 g/mol. The van der Waals surface area contributed by atoms with Crippen LogP contribution in [0.4, 0.5) is 11.5 Å². The molecule has 22 heavy (non-hydrogen) atoms. The van der Waals surface area contributed by atoms with Crippen LogP contribution in [-0.2, 0) is 9.53 Å². The van der Waals surface area contributed by atoms with Gasteiger partial charge in [0.15, 0.2) is 5.82 Å². The number of aliphatic imine (C=N–C) groups is 1. The molecule has 3 heterocycles. The van der Waals surface area contributed by atoms with Gasteiger partial charge in [-0.05, 0) is 13.0 Å². The molecule has 1 aromatic heterocycles. The Morgan fingerprint density at radius 3 is 2.86 bits per heavy atom. The predicted molar refractivity (Wildman–Crippen MR) is 86.2 cm³/mol. The number of aromatic nitrogens is 1. The second kappa shape index (κ2) is 6.73. The van der Waals surface area contributed by atoms with Gasteiger partial charge < -0.3 is 4.74 Å². The zero-order valence-electron chi connectivity index (χ0n) is 12.6. The van der Waals surface area contributed by atoms with Crippen molar-refractivity contribution in [3.63, 3.8) is 0 Å². The van der Waals surface area contributed by atoms with Crippen molar-refractivity contribution in [3.05, 3.63) is 17.3 Å². The summed E-state index contributed by atoms with van der Waals surface area (Å²) >= 11 is 6.00. The molecular formula is C15H19ClN4O2. The lowest BCUT2D eigenvalue weighted by Crippen LogP contribution is -2.43. The molecule has 7 heteroatoms. The third kappa shape index (κ3) is 3.45. The summed E-state index contributed by atoms with van der Waals surface area (Å²) in [5.41, 5.74) is 1.45. The first-order chi connectivity index (χ1) is 10.6. The lowest BCUT2D eigenvalue weighted by molar-refractivity contribution is -0.117. The molecule has 0 spiro atoms. The Morgan fingerprint density at radius 2 is 2.09 bits per heavy atom. The molecule has 0 N–H and O–H groups in total. The molecule has 6 nitrogen and oxygen atoms in total. The Labute approximate surface area is 134 Å². The Kier molecular flexibility index (Phi) is 4.71. The molecule has 1 amide bonds. The molecule has 0 atom stereocenters. The molecule has 0 radical (unpaired) electrons. The zero-order valence-corrected chi connectivity index (χ0v) is 13.3. The lowest BCUT2D eigenvalue weighted by Gasteiger charge is -2.29. The summed E-state index contributed by atoms with van der Waals surface area (Å²) in [6.07, 6.45) is 1.88. The van der Waals surface area contributed by atoms with Gasteiger partial charge in [-0.15, -0.1) is 0 Å². The summed E-state index contributed by atoms with van der Waals surface area (Å²) in [5.74, 6) is 0.627. The Balaban J connectivity index is 1.80. The van der Waals surface area contributed by atoms with Crippen LogP contribution in [0.25, 0.3) is 0 Å². The van der Waals surface area contributed by atoms with Gasteiger partial charge in [-0.2, -0.15) is 0 Å². The first-order valence-electron chi connectivity index (χ1n) is 7.43. The van der Waals surface area contributed by atoms with Gasteiger partial charge in [0.25, 0.3) is 0 Å². The number of amides is 1. The van der Waals surface area contributed by atoms with Crippen LogP contribution < -0.4 is 4.90 Å². The molecule has 0 aliphatic carbocycles. The second-order valence-electron chi connectivity index (χ2n) is 5.52. The van der Waals surface area contributed by atoms with Crippen LogP contribution in [0.5, 0.6) is 0 Å². The van der Waals surface area contributed by atoms with Crippen LogP contribution in [0.2, 0.25) is 5.02 Å². The highest BCUT2D eigenvalue weighted by molar-refractivity contribution is 6.31. The van der Waals surface area contributed by atoms with E-state index >= 15 is 0 Å². The van der Waals surface area contributed by atoms with Crippen LogP contribution in [0, 0.1) is 0 Å². The number of hydrogen-bond acceptors (Lipinski definition) is 5. The van der Waals surface area contributed by atoms with E-state index in [2.05, 4.69) is 14.9 Å². The van der Waals surface area contributed by atoms with Crippen LogP contribution in [0.3, 0.4) is 0 Å². The van der Waals surface area contributed by atoms with Crippen molar-refractivity contribution in [2.75, 3.05) is 44.3 Å². The number of carbonyl (C=O) groups excluding carboxylic acids is 1. The van der Waals surface area contributed by atoms with E-state index in [1.807, 2.05) is 6.92 Å². The summed E-state index contributed by atoms with van der Waals surface area (Å²) in [5, 5.41) is 0.526. The van der Waals surface area contributed by atoms with Gasteiger partial charge in [0.2, 0.25) is 5.91 Å². The average Bonchev–Trinajstić information content (AvgIpc) is 2.61. The zero-order chi connectivity index (χ0) is 15.5. The van der Waals surface area contributed by atoms with Crippen LogP contribution in [0.15, 0.2) is 17.3 Å². The van der Waals surface area contributed by atoms with Gasteiger partial charge in [-0.3, -0.25) is 19.6 Å². The van der Waals surface area contributed by atoms with Crippen molar-refractivity contribution < 1.29 is 9.53 Å². The van der Waals surface area contributed by atoms with E-state index in [0.29, 0.717) is 29.5 Å². The summed E-state index contributed by atoms with van der Waals surface area (Å²) in [4.78, 5) is 25.3. The Hall–Kier alpha value is -1.50.